The highest BCUT2D eigenvalue weighted by molar-refractivity contribution is 6.74. The lowest BCUT2D eigenvalue weighted by Crippen LogP contribution is -2.40. The lowest BCUT2D eigenvalue weighted by Gasteiger charge is -2.36. The zero-order chi connectivity index (χ0) is 20.4. The van der Waals surface area contributed by atoms with Gasteiger partial charge in [-0.15, -0.1) is 10.2 Å². The van der Waals surface area contributed by atoms with E-state index in [4.69, 9.17) is 4.43 Å². The Morgan fingerprint density at radius 1 is 0.893 bits per heavy atom. The molecule has 28 heavy (non-hydrogen) atoms. The maximum atomic E-state index is 6.34. The molecule has 0 atom stereocenters. The largest absolute Gasteiger partial charge is 0.413 e. The third kappa shape index (κ3) is 4.59. The van der Waals surface area contributed by atoms with Crippen LogP contribution in [0.4, 0.5) is 0 Å². The number of aromatic nitrogens is 3. The Hall–Kier alpha value is -2.24. The second-order valence-corrected chi connectivity index (χ2v) is 13.7. The summed E-state index contributed by atoms with van der Waals surface area (Å²) in [5.41, 5.74) is 3.51. The van der Waals surface area contributed by atoms with Crippen LogP contribution in [0.1, 0.15) is 37.7 Å². The third-order valence-electron chi connectivity index (χ3n) is 5.74. The zero-order valence-corrected chi connectivity index (χ0v) is 18.9. The van der Waals surface area contributed by atoms with Crippen LogP contribution >= 0.6 is 0 Å². The molecule has 3 aromatic rings. The maximum absolute atomic E-state index is 6.34. The Bertz CT molecular complexity index is 909. The van der Waals surface area contributed by atoms with Gasteiger partial charge >= 0.3 is 0 Å². The van der Waals surface area contributed by atoms with E-state index in [0.717, 1.165) is 23.8 Å². The molecule has 0 fully saturated rings. The fraction of sp³-hybridized carbons (Fsp3) is 0.391. The molecule has 0 unspecified atom stereocenters. The summed E-state index contributed by atoms with van der Waals surface area (Å²) < 4.78 is 8.50. The van der Waals surface area contributed by atoms with Crippen LogP contribution in [0.25, 0.3) is 11.4 Å². The molecular formula is C23H31N3OSi. The normalized spacial score (nSPS) is 12.4. The van der Waals surface area contributed by atoms with Crippen LogP contribution < -0.4 is 0 Å². The summed E-state index contributed by atoms with van der Waals surface area (Å²) in [6, 6.07) is 18.9. The van der Waals surface area contributed by atoms with E-state index in [0.29, 0.717) is 6.61 Å². The van der Waals surface area contributed by atoms with Gasteiger partial charge in [0.2, 0.25) is 0 Å². The SMILES string of the molecule is Cc1nnc(-c2ccc(CO[Si](C)(C)C(C)(C)C)cc2)n1Cc1ccccc1. The lowest BCUT2D eigenvalue weighted by molar-refractivity contribution is 0.276. The molecule has 0 radical (unpaired) electrons. The van der Waals surface area contributed by atoms with Crippen LogP contribution in [0.2, 0.25) is 18.1 Å². The topological polar surface area (TPSA) is 39.9 Å². The van der Waals surface area contributed by atoms with Crippen molar-refractivity contribution < 1.29 is 4.43 Å². The van der Waals surface area contributed by atoms with Gasteiger partial charge in [0.25, 0.3) is 0 Å². The fourth-order valence-corrected chi connectivity index (χ4v) is 3.74. The molecule has 4 nitrogen and oxygen atoms in total. The third-order valence-corrected chi connectivity index (χ3v) is 10.2. The molecule has 2 aromatic carbocycles. The molecule has 0 bridgehead atoms. The first-order chi connectivity index (χ1) is 13.2. The van der Waals surface area contributed by atoms with Gasteiger partial charge in [0.1, 0.15) is 5.82 Å². The predicted octanol–water partition coefficient (Wildman–Crippen LogP) is 5.82. The van der Waals surface area contributed by atoms with E-state index in [-0.39, 0.29) is 5.04 Å². The van der Waals surface area contributed by atoms with Crippen molar-refractivity contribution in [2.24, 2.45) is 0 Å². The summed E-state index contributed by atoms with van der Waals surface area (Å²) in [6.45, 7) is 14.8. The standard InChI is InChI=1S/C23H31N3OSi/c1-18-24-25-22(26(18)16-19-10-8-7-9-11-19)21-14-12-20(13-15-21)17-27-28(5,6)23(2,3)4/h7-15H,16-17H2,1-6H3. The summed E-state index contributed by atoms with van der Waals surface area (Å²) in [6.07, 6.45) is 0. The van der Waals surface area contributed by atoms with Crippen LogP contribution in [-0.4, -0.2) is 23.1 Å². The average molecular weight is 394 g/mol. The van der Waals surface area contributed by atoms with Gasteiger partial charge in [-0.2, -0.15) is 0 Å². The minimum atomic E-state index is -1.74. The number of rotatable bonds is 6. The predicted molar refractivity (Wildman–Crippen MR) is 118 cm³/mol. The molecule has 0 spiro atoms. The molecule has 1 heterocycles. The summed E-state index contributed by atoms with van der Waals surface area (Å²) in [4.78, 5) is 0. The van der Waals surface area contributed by atoms with E-state index in [1.807, 2.05) is 13.0 Å². The Morgan fingerprint density at radius 3 is 2.14 bits per heavy atom. The Kier molecular flexibility index (Phi) is 5.86. The van der Waals surface area contributed by atoms with Crippen LogP contribution in [0.3, 0.4) is 0 Å². The average Bonchev–Trinajstić information content (AvgIpc) is 3.01. The molecule has 0 N–H and O–H groups in total. The molecule has 148 valence electrons. The van der Waals surface area contributed by atoms with E-state index in [9.17, 15) is 0 Å². The van der Waals surface area contributed by atoms with Crippen LogP contribution in [-0.2, 0) is 17.6 Å². The van der Waals surface area contributed by atoms with Gasteiger partial charge < -0.3 is 8.99 Å². The monoisotopic (exact) mass is 393 g/mol. The van der Waals surface area contributed by atoms with Crippen molar-refractivity contribution in [1.29, 1.82) is 0 Å². The molecule has 0 aliphatic heterocycles. The molecule has 1 aromatic heterocycles. The molecule has 0 saturated heterocycles. The summed E-state index contributed by atoms with van der Waals surface area (Å²) in [7, 11) is -1.74. The highest BCUT2D eigenvalue weighted by Crippen LogP contribution is 2.37. The first kappa shape index (κ1) is 20.5. The van der Waals surface area contributed by atoms with Crippen molar-refractivity contribution >= 4 is 8.32 Å². The van der Waals surface area contributed by atoms with Gasteiger partial charge in [-0.3, -0.25) is 0 Å². The molecule has 3 rings (SSSR count). The van der Waals surface area contributed by atoms with Crippen molar-refractivity contribution in [3.8, 4) is 11.4 Å². The van der Waals surface area contributed by atoms with Crippen molar-refractivity contribution in [3.05, 3.63) is 71.5 Å². The van der Waals surface area contributed by atoms with E-state index in [1.165, 1.54) is 11.1 Å². The summed E-state index contributed by atoms with van der Waals surface area (Å²) in [5, 5.41) is 8.94. The van der Waals surface area contributed by atoms with Crippen molar-refractivity contribution in [2.75, 3.05) is 0 Å². The van der Waals surface area contributed by atoms with E-state index < -0.39 is 8.32 Å². The number of aryl methyl sites for hydroxylation is 1. The second-order valence-electron chi connectivity index (χ2n) is 8.89. The minimum absolute atomic E-state index is 0.221. The quantitative estimate of drug-likeness (QED) is 0.495. The van der Waals surface area contributed by atoms with Gasteiger partial charge in [-0.1, -0.05) is 75.4 Å². The van der Waals surface area contributed by atoms with Crippen molar-refractivity contribution in [2.45, 2.75) is 59.0 Å². The van der Waals surface area contributed by atoms with Gasteiger partial charge in [0.05, 0.1) is 13.2 Å². The Labute approximate surface area is 169 Å². The lowest BCUT2D eigenvalue weighted by atomic mass is 10.1. The maximum Gasteiger partial charge on any atom is 0.192 e. The molecule has 0 aliphatic rings. The molecule has 0 aliphatic carbocycles. The van der Waals surface area contributed by atoms with E-state index >= 15 is 0 Å². The summed E-state index contributed by atoms with van der Waals surface area (Å²) in [5.74, 6) is 1.82. The number of benzene rings is 2. The highest BCUT2D eigenvalue weighted by Gasteiger charge is 2.36. The van der Waals surface area contributed by atoms with Crippen molar-refractivity contribution in [1.82, 2.24) is 14.8 Å². The molecule has 5 heteroatoms. The van der Waals surface area contributed by atoms with Gasteiger partial charge in [0.15, 0.2) is 14.1 Å². The van der Waals surface area contributed by atoms with E-state index in [1.54, 1.807) is 0 Å². The highest BCUT2D eigenvalue weighted by atomic mass is 28.4. The number of nitrogens with zero attached hydrogens (tertiary/aromatic N) is 3. The first-order valence-corrected chi connectivity index (χ1v) is 12.8. The molecular weight excluding hydrogens is 362 g/mol. The fourth-order valence-electron chi connectivity index (χ4n) is 2.78. The van der Waals surface area contributed by atoms with E-state index in [2.05, 4.69) is 97.2 Å². The number of hydrogen-bond acceptors (Lipinski definition) is 3. The Balaban J connectivity index is 1.76. The first-order valence-electron chi connectivity index (χ1n) is 9.84. The van der Waals surface area contributed by atoms with Gasteiger partial charge in [-0.05, 0) is 36.2 Å². The van der Waals surface area contributed by atoms with Gasteiger partial charge in [0, 0.05) is 5.56 Å². The van der Waals surface area contributed by atoms with Crippen LogP contribution in [0.15, 0.2) is 54.6 Å². The second kappa shape index (κ2) is 8.01. The zero-order valence-electron chi connectivity index (χ0n) is 17.9. The van der Waals surface area contributed by atoms with Crippen molar-refractivity contribution in [3.63, 3.8) is 0 Å². The van der Waals surface area contributed by atoms with Crippen LogP contribution in [0.5, 0.6) is 0 Å². The Morgan fingerprint density at radius 2 is 1.54 bits per heavy atom. The van der Waals surface area contributed by atoms with Gasteiger partial charge in [-0.25, -0.2) is 0 Å². The minimum Gasteiger partial charge on any atom is -0.413 e. The van der Waals surface area contributed by atoms with Crippen LogP contribution in [0, 0.1) is 6.92 Å². The molecule has 0 saturated carbocycles. The summed E-state index contributed by atoms with van der Waals surface area (Å²) >= 11 is 0. The molecule has 0 amide bonds. The smallest absolute Gasteiger partial charge is 0.192 e. The number of hydrogen-bond donors (Lipinski definition) is 0.